The van der Waals surface area contributed by atoms with E-state index in [0.717, 1.165) is 11.4 Å². The Kier molecular flexibility index (Phi) is 9.24. The maximum Gasteiger partial charge on any atom is 0.0687 e. The van der Waals surface area contributed by atoms with Crippen LogP contribution in [0.3, 0.4) is 0 Å². The molecule has 0 aliphatic carbocycles. The molecule has 104 valence electrons. The van der Waals surface area contributed by atoms with E-state index in [9.17, 15) is 0 Å². The van der Waals surface area contributed by atoms with Crippen molar-refractivity contribution in [1.29, 1.82) is 0 Å². The molecule has 18 heavy (non-hydrogen) atoms. The Balaban J connectivity index is 0. The van der Waals surface area contributed by atoms with E-state index in [-0.39, 0.29) is 0 Å². The third-order valence-corrected chi connectivity index (χ3v) is 1.80. The number of rotatable bonds is 2. The van der Waals surface area contributed by atoms with Crippen LogP contribution in [0.2, 0.25) is 0 Å². The van der Waals surface area contributed by atoms with Crippen LogP contribution in [0.4, 0.5) is 0 Å². The number of hydrogen-bond donors (Lipinski definition) is 0. The first-order valence-electron chi connectivity index (χ1n) is 6.51. The van der Waals surface area contributed by atoms with Gasteiger partial charge < -0.3 is 0 Å². The number of aromatic nitrogens is 2. The van der Waals surface area contributed by atoms with E-state index in [1.54, 1.807) is 17.0 Å². The molecule has 0 aromatic carbocycles. The summed E-state index contributed by atoms with van der Waals surface area (Å²) in [4.78, 5) is 0. The van der Waals surface area contributed by atoms with Crippen molar-refractivity contribution in [1.82, 2.24) is 9.78 Å². The Morgan fingerprint density at radius 2 is 1.44 bits per heavy atom. The molecule has 2 heteroatoms. The van der Waals surface area contributed by atoms with Gasteiger partial charge in [0, 0.05) is 6.20 Å². The monoisotopic (exact) mass is 250 g/mol. The highest BCUT2D eigenvalue weighted by molar-refractivity contribution is 5.51. The van der Waals surface area contributed by atoms with Gasteiger partial charge in [0.25, 0.3) is 0 Å². The topological polar surface area (TPSA) is 17.8 Å². The summed E-state index contributed by atoms with van der Waals surface area (Å²) in [5.74, 6) is 0. The molecule has 0 radical (unpaired) electrons. The van der Waals surface area contributed by atoms with Gasteiger partial charge in [-0.05, 0) is 30.9 Å². The van der Waals surface area contributed by atoms with Gasteiger partial charge in [0.1, 0.15) is 0 Å². The van der Waals surface area contributed by atoms with Gasteiger partial charge in [-0.25, -0.2) is 4.68 Å². The minimum atomic E-state index is 0.500. The predicted molar refractivity (Wildman–Crippen MR) is 84.7 cm³/mol. The molecule has 0 fully saturated rings. The van der Waals surface area contributed by atoms with Crippen molar-refractivity contribution >= 4 is 12.3 Å². The van der Waals surface area contributed by atoms with Gasteiger partial charge in [0.2, 0.25) is 0 Å². The minimum Gasteiger partial charge on any atom is -0.241 e. The SMILES string of the molecule is C=Cc1c(C)c(C)nn1C=C.CC.CC(C)(C)C. The molecule has 0 saturated heterocycles. The van der Waals surface area contributed by atoms with Crippen molar-refractivity contribution in [3.8, 4) is 0 Å². The highest BCUT2D eigenvalue weighted by Gasteiger charge is 2.04. The average molecular weight is 250 g/mol. The third-order valence-electron chi connectivity index (χ3n) is 1.80. The first-order chi connectivity index (χ1) is 8.20. The van der Waals surface area contributed by atoms with Crippen molar-refractivity contribution in [3.63, 3.8) is 0 Å². The average Bonchev–Trinajstić information content (AvgIpc) is 2.55. The molecule has 0 saturated carbocycles. The van der Waals surface area contributed by atoms with Crippen LogP contribution in [0, 0.1) is 19.3 Å². The Morgan fingerprint density at radius 3 is 1.67 bits per heavy atom. The lowest BCUT2D eigenvalue weighted by atomic mass is 10.0. The third kappa shape index (κ3) is 7.88. The fourth-order valence-electron chi connectivity index (χ4n) is 1.03. The quantitative estimate of drug-likeness (QED) is 0.694. The molecule has 0 atom stereocenters. The molecule has 0 amide bonds. The normalized spacial score (nSPS) is 9.56. The summed E-state index contributed by atoms with van der Waals surface area (Å²) in [6.07, 6.45) is 3.47. The van der Waals surface area contributed by atoms with Gasteiger partial charge in [-0.2, -0.15) is 5.10 Å². The summed E-state index contributed by atoms with van der Waals surface area (Å²) in [5, 5.41) is 4.23. The first-order valence-corrected chi connectivity index (χ1v) is 6.51. The Labute approximate surface area is 113 Å². The summed E-state index contributed by atoms with van der Waals surface area (Å²) >= 11 is 0. The molecular formula is C16H30N2. The summed E-state index contributed by atoms with van der Waals surface area (Å²) < 4.78 is 1.73. The Bertz CT molecular complexity index is 359. The van der Waals surface area contributed by atoms with E-state index in [0.29, 0.717) is 5.41 Å². The van der Waals surface area contributed by atoms with Crippen LogP contribution < -0.4 is 0 Å². The lowest BCUT2D eigenvalue weighted by molar-refractivity contribution is 0.469. The fourth-order valence-corrected chi connectivity index (χ4v) is 1.03. The van der Waals surface area contributed by atoms with Gasteiger partial charge in [-0.15, -0.1) is 0 Å². The summed E-state index contributed by atoms with van der Waals surface area (Å²) in [6, 6.07) is 0. The lowest BCUT2D eigenvalue weighted by Crippen LogP contribution is -1.93. The van der Waals surface area contributed by atoms with Gasteiger partial charge in [-0.1, -0.05) is 54.7 Å². The second kappa shape index (κ2) is 8.73. The van der Waals surface area contributed by atoms with Crippen LogP contribution in [0.15, 0.2) is 13.2 Å². The molecular weight excluding hydrogens is 220 g/mol. The van der Waals surface area contributed by atoms with E-state index in [4.69, 9.17) is 0 Å². The smallest absolute Gasteiger partial charge is 0.0687 e. The van der Waals surface area contributed by atoms with E-state index in [1.807, 2.05) is 27.7 Å². The number of aryl methyl sites for hydroxylation is 1. The first kappa shape index (κ1) is 19.0. The molecule has 0 unspecified atom stereocenters. The van der Waals surface area contributed by atoms with E-state index in [2.05, 4.69) is 46.0 Å². The van der Waals surface area contributed by atoms with E-state index >= 15 is 0 Å². The van der Waals surface area contributed by atoms with Gasteiger partial charge >= 0.3 is 0 Å². The fraction of sp³-hybridized carbons (Fsp3) is 0.562. The highest BCUT2D eigenvalue weighted by Crippen LogP contribution is 2.13. The van der Waals surface area contributed by atoms with Crippen molar-refractivity contribution in [2.24, 2.45) is 5.41 Å². The Morgan fingerprint density at radius 1 is 1.06 bits per heavy atom. The molecule has 0 aliphatic rings. The molecule has 2 nitrogen and oxygen atoms in total. The van der Waals surface area contributed by atoms with Crippen LogP contribution in [0.25, 0.3) is 12.3 Å². The van der Waals surface area contributed by atoms with Crippen molar-refractivity contribution < 1.29 is 0 Å². The second-order valence-corrected chi connectivity index (χ2v) is 5.43. The van der Waals surface area contributed by atoms with Crippen LogP contribution in [0.5, 0.6) is 0 Å². The van der Waals surface area contributed by atoms with Crippen LogP contribution in [-0.2, 0) is 0 Å². The summed E-state index contributed by atoms with van der Waals surface area (Å²) in [7, 11) is 0. The largest absolute Gasteiger partial charge is 0.241 e. The number of nitrogens with zero attached hydrogens (tertiary/aromatic N) is 2. The van der Waals surface area contributed by atoms with Crippen molar-refractivity contribution in [2.45, 2.75) is 55.4 Å². The van der Waals surface area contributed by atoms with Crippen LogP contribution in [-0.4, -0.2) is 9.78 Å². The zero-order chi connectivity index (χ0) is 14.9. The van der Waals surface area contributed by atoms with Crippen LogP contribution >= 0.6 is 0 Å². The predicted octanol–water partition coefficient (Wildman–Crippen LogP) is 5.32. The van der Waals surface area contributed by atoms with Gasteiger partial charge in [0.05, 0.1) is 11.4 Å². The maximum absolute atomic E-state index is 4.23. The lowest BCUT2D eigenvalue weighted by Gasteiger charge is -2.05. The highest BCUT2D eigenvalue weighted by atomic mass is 15.3. The molecule has 0 N–H and O–H groups in total. The maximum atomic E-state index is 4.23. The van der Waals surface area contributed by atoms with Crippen LogP contribution in [0.1, 0.15) is 58.5 Å². The molecule has 0 bridgehead atoms. The summed E-state index contributed by atoms with van der Waals surface area (Å²) in [5.41, 5.74) is 3.72. The second-order valence-electron chi connectivity index (χ2n) is 5.43. The zero-order valence-corrected chi connectivity index (χ0v) is 13.5. The van der Waals surface area contributed by atoms with E-state index < -0.39 is 0 Å². The Hall–Kier alpha value is -1.31. The molecule has 1 heterocycles. The molecule has 0 spiro atoms. The van der Waals surface area contributed by atoms with Gasteiger partial charge in [-0.3, -0.25) is 0 Å². The number of hydrogen-bond acceptors (Lipinski definition) is 1. The van der Waals surface area contributed by atoms with E-state index in [1.165, 1.54) is 5.56 Å². The minimum absolute atomic E-state index is 0.500. The summed E-state index contributed by atoms with van der Waals surface area (Å²) in [6.45, 7) is 24.1. The molecule has 1 aromatic heterocycles. The van der Waals surface area contributed by atoms with Gasteiger partial charge in [0.15, 0.2) is 0 Å². The molecule has 1 aromatic rings. The molecule has 0 aliphatic heterocycles. The molecule has 1 rings (SSSR count). The zero-order valence-electron chi connectivity index (χ0n) is 13.5. The van der Waals surface area contributed by atoms with Crippen molar-refractivity contribution in [2.75, 3.05) is 0 Å². The standard InChI is InChI=1S/C9H12N2.C5H12.C2H6/c1-5-9-7(3)8(4)10-11(9)6-2;1-5(2,3)4;1-2/h5-6H,1-2H2,3-4H3;1-4H3;1-2H3. The van der Waals surface area contributed by atoms with Crippen molar-refractivity contribution in [3.05, 3.63) is 30.1 Å².